The molecule has 1 rings (SSSR count). The van der Waals surface area contributed by atoms with Crippen LogP contribution in [0.2, 0.25) is 5.15 Å². The first-order valence-electron chi connectivity index (χ1n) is 5.03. The summed E-state index contributed by atoms with van der Waals surface area (Å²) in [4.78, 5) is 27.2. The summed E-state index contributed by atoms with van der Waals surface area (Å²) in [5.41, 5.74) is 0.218. The number of carbonyl (C=O) groups excluding carboxylic acids is 1. The molecule has 0 aliphatic heterocycles. The minimum atomic E-state index is -0.711. The number of hydrogen-bond acceptors (Lipinski definition) is 4. The quantitative estimate of drug-likeness (QED) is 0.364. The summed E-state index contributed by atoms with van der Waals surface area (Å²) < 4.78 is 0. The highest BCUT2D eigenvalue weighted by Gasteiger charge is 2.26. The van der Waals surface area contributed by atoms with Crippen molar-refractivity contribution in [2.24, 2.45) is 0 Å². The third-order valence-electron chi connectivity index (χ3n) is 2.15. The number of nitrogens with zero attached hydrogens (tertiary/aromatic N) is 3. The smallest absolute Gasteiger partial charge is 0.319 e. The van der Waals surface area contributed by atoms with Crippen molar-refractivity contribution in [3.8, 4) is 0 Å². The van der Waals surface area contributed by atoms with Gasteiger partial charge in [0.15, 0.2) is 0 Å². The van der Waals surface area contributed by atoms with Crippen LogP contribution in [0.5, 0.6) is 0 Å². The van der Waals surface area contributed by atoms with Gasteiger partial charge in [0, 0.05) is 19.8 Å². The summed E-state index contributed by atoms with van der Waals surface area (Å²) >= 11 is 5.64. The zero-order chi connectivity index (χ0) is 13.9. The fourth-order valence-corrected chi connectivity index (χ4v) is 1.68. The third kappa shape index (κ3) is 3.04. The second-order valence-corrected chi connectivity index (χ2v) is 4.23. The highest BCUT2D eigenvalue weighted by Crippen LogP contribution is 2.26. The van der Waals surface area contributed by atoms with Crippen LogP contribution < -0.4 is 0 Å². The third-order valence-corrected chi connectivity index (χ3v) is 2.42. The number of nitro groups is 1. The molecular formula is C11H12ClN3O3. The lowest BCUT2D eigenvalue weighted by Crippen LogP contribution is -2.28. The molecular weight excluding hydrogens is 258 g/mol. The van der Waals surface area contributed by atoms with E-state index in [1.807, 2.05) is 0 Å². The van der Waals surface area contributed by atoms with Gasteiger partial charge < -0.3 is 4.90 Å². The van der Waals surface area contributed by atoms with Crippen LogP contribution in [0.1, 0.15) is 17.3 Å². The second-order valence-electron chi connectivity index (χ2n) is 3.87. The van der Waals surface area contributed by atoms with Crippen molar-refractivity contribution in [1.82, 2.24) is 9.88 Å². The predicted molar refractivity (Wildman–Crippen MR) is 67.7 cm³/mol. The van der Waals surface area contributed by atoms with E-state index in [1.54, 1.807) is 6.92 Å². The minimum absolute atomic E-state index is 0.0799. The van der Waals surface area contributed by atoms with Gasteiger partial charge in [-0.05, 0) is 13.0 Å². The highest BCUT2D eigenvalue weighted by molar-refractivity contribution is 6.32. The molecule has 0 aromatic carbocycles. The van der Waals surface area contributed by atoms with Gasteiger partial charge in [0.25, 0.3) is 5.91 Å². The fraction of sp³-hybridized carbons (Fsp3) is 0.273. The Kier molecular flexibility index (Phi) is 4.38. The molecule has 0 aliphatic carbocycles. The molecule has 0 unspecified atom stereocenters. The number of amides is 1. The first-order chi connectivity index (χ1) is 8.34. The SMILES string of the molecule is C=C(C)CN(C)C(=O)c1ccnc(Cl)c1[N+](=O)[O-]. The molecule has 18 heavy (non-hydrogen) atoms. The molecule has 0 N–H and O–H groups in total. The molecule has 1 heterocycles. The number of rotatable bonds is 4. The van der Waals surface area contributed by atoms with Crippen molar-refractivity contribution in [1.29, 1.82) is 0 Å². The summed E-state index contributed by atoms with van der Waals surface area (Å²) in [6.45, 7) is 5.76. The van der Waals surface area contributed by atoms with Gasteiger partial charge in [-0.15, -0.1) is 0 Å². The van der Waals surface area contributed by atoms with E-state index in [0.717, 1.165) is 5.57 Å². The molecule has 0 bridgehead atoms. The van der Waals surface area contributed by atoms with Crippen molar-refractivity contribution in [3.05, 3.63) is 45.2 Å². The molecule has 0 saturated carbocycles. The Morgan fingerprint density at radius 3 is 2.78 bits per heavy atom. The molecule has 0 fully saturated rings. The van der Waals surface area contributed by atoms with E-state index in [1.165, 1.54) is 24.2 Å². The van der Waals surface area contributed by atoms with E-state index in [4.69, 9.17) is 11.6 Å². The van der Waals surface area contributed by atoms with Crippen LogP contribution in [0.15, 0.2) is 24.4 Å². The van der Waals surface area contributed by atoms with Gasteiger partial charge in [-0.2, -0.15) is 0 Å². The van der Waals surface area contributed by atoms with Crippen LogP contribution in [0.3, 0.4) is 0 Å². The molecule has 6 nitrogen and oxygen atoms in total. The van der Waals surface area contributed by atoms with Gasteiger partial charge in [0.1, 0.15) is 5.56 Å². The minimum Gasteiger partial charge on any atom is -0.338 e. The monoisotopic (exact) mass is 269 g/mol. The van der Waals surface area contributed by atoms with Crippen molar-refractivity contribution in [3.63, 3.8) is 0 Å². The number of likely N-dealkylation sites (N-methyl/N-ethyl adjacent to an activating group) is 1. The largest absolute Gasteiger partial charge is 0.338 e. The standard InChI is InChI=1S/C11H12ClN3O3/c1-7(2)6-14(3)11(16)8-4-5-13-10(12)9(8)15(17)18/h4-5H,1,6H2,2-3H3. The average Bonchev–Trinajstić information content (AvgIpc) is 2.26. The normalized spacial score (nSPS) is 9.94. The van der Waals surface area contributed by atoms with E-state index in [2.05, 4.69) is 11.6 Å². The summed E-state index contributed by atoms with van der Waals surface area (Å²) in [7, 11) is 1.54. The number of hydrogen-bond donors (Lipinski definition) is 0. The summed E-state index contributed by atoms with van der Waals surface area (Å²) in [6.07, 6.45) is 1.26. The van der Waals surface area contributed by atoms with Gasteiger partial charge in [-0.3, -0.25) is 14.9 Å². The van der Waals surface area contributed by atoms with Crippen molar-refractivity contribution in [2.45, 2.75) is 6.92 Å². The molecule has 0 atom stereocenters. The molecule has 0 radical (unpaired) electrons. The number of carbonyl (C=O) groups is 1. The van der Waals surface area contributed by atoms with Crippen LogP contribution in [0.4, 0.5) is 5.69 Å². The van der Waals surface area contributed by atoms with E-state index in [-0.39, 0.29) is 10.7 Å². The first kappa shape index (κ1) is 14.1. The maximum absolute atomic E-state index is 12.1. The maximum atomic E-state index is 12.1. The first-order valence-corrected chi connectivity index (χ1v) is 5.41. The van der Waals surface area contributed by atoms with Gasteiger partial charge in [0.05, 0.1) is 4.92 Å². The Hall–Kier alpha value is -1.95. The van der Waals surface area contributed by atoms with Gasteiger partial charge in [-0.25, -0.2) is 4.98 Å². The molecule has 0 aliphatic rings. The Morgan fingerprint density at radius 1 is 1.67 bits per heavy atom. The van der Waals surface area contributed by atoms with Crippen LogP contribution in [-0.4, -0.2) is 34.3 Å². The number of pyridine rings is 1. The molecule has 7 heteroatoms. The highest BCUT2D eigenvalue weighted by atomic mass is 35.5. The van der Waals surface area contributed by atoms with E-state index in [0.29, 0.717) is 6.54 Å². The Balaban J connectivity index is 3.17. The Bertz CT molecular complexity index is 516. The van der Waals surface area contributed by atoms with Crippen LogP contribution in [0, 0.1) is 10.1 Å². The van der Waals surface area contributed by atoms with Gasteiger partial charge in [-0.1, -0.05) is 23.8 Å². The lowest BCUT2D eigenvalue weighted by atomic mass is 10.2. The average molecular weight is 270 g/mol. The molecule has 1 aromatic rings. The van der Waals surface area contributed by atoms with E-state index in [9.17, 15) is 14.9 Å². The van der Waals surface area contributed by atoms with Gasteiger partial charge >= 0.3 is 5.69 Å². The number of aromatic nitrogens is 1. The summed E-state index contributed by atoms with van der Waals surface area (Å²) in [5.74, 6) is -0.492. The van der Waals surface area contributed by atoms with E-state index < -0.39 is 16.5 Å². The molecule has 1 amide bonds. The maximum Gasteiger partial charge on any atom is 0.319 e. The van der Waals surface area contributed by atoms with Crippen LogP contribution >= 0.6 is 11.6 Å². The number of halogens is 1. The zero-order valence-electron chi connectivity index (χ0n) is 10.0. The molecule has 1 aromatic heterocycles. The Morgan fingerprint density at radius 2 is 2.28 bits per heavy atom. The fourth-order valence-electron chi connectivity index (χ4n) is 1.46. The van der Waals surface area contributed by atoms with Crippen molar-refractivity contribution >= 4 is 23.2 Å². The van der Waals surface area contributed by atoms with E-state index >= 15 is 0 Å². The van der Waals surface area contributed by atoms with Crippen molar-refractivity contribution in [2.75, 3.05) is 13.6 Å². The zero-order valence-corrected chi connectivity index (χ0v) is 10.8. The lowest BCUT2D eigenvalue weighted by molar-refractivity contribution is -0.385. The van der Waals surface area contributed by atoms with Crippen molar-refractivity contribution < 1.29 is 9.72 Å². The predicted octanol–water partition coefficient (Wildman–Crippen LogP) is 2.29. The molecule has 0 saturated heterocycles. The topological polar surface area (TPSA) is 76.3 Å². The second kappa shape index (κ2) is 5.59. The Labute approximate surface area is 109 Å². The van der Waals surface area contributed by atoms with Gasteiger partial charge in [0.2, 0.25) is 5.15 Å². The summed E-state index contributed by atoms with van der Waals surface area (Å²) in [5, 5.41) is 10.6. The lowest BCUT2D eigenvalue weighted by Gasteiger charge is -2.17. The molecule has 0 spiro atoms. The van der Waals surface area contributed by atoms with Crippen LogP contribution in [-0.2, 0) is 0 Å². The summed E-state index contributed by atoms with van der Waals surface area (Å²) in [6, 6.07) is 1.28. The van der Waals surface area contributed by atoms with Crippen LogP contribution in [0.25, 0.3) is 0 Å². The molecule has 96 valence electrons.